The third kappa shape index (κ3) is 5.16. The summed E-state index contributed by atoms with van der Waals surface area (Å²) < 4.78 is 31.9. The van der Waals surface area contributed by atoms with E-state index in [2.05, 4.69) is 10.6 Å². The lowest BCUT2D eigenvalue weighted by atomic mass is 10.1. The normalized spacial score (nSPS) is 11.2. The smallest absolute Gasteiger partial charge is 0.303 e. The van der Waals surface area contributed by atoms with Crippen LogP contribution >= 0.6 is 0 Å². The third-order valence-electron chi connectivity index (χ3n) is 4.72. The second kappa shape index (κ2) is 9.67. The van der Waals surface area contributed by atoms with Crippen LogP contribution < -0.4 is 14.9 Å². The van der Waals surface area contributed by atoms with Gasteiger partial charge in [-0.2, -0.15) is 12.7 Å². The maximum atomic E-state index is 12.7. The Morgan fingerprint density at radius 2 is 1.59 bits per heavy atom. The van der Waals surface area contributed by atoms with Crippen LogP contribution in [0.15, 0.2) is 71.3 Å². The Hall–Kier alpha value is -3.63. The van der Waals surface area contributed by atoms with Crippen LogP contribution in [0.1, 0.15) is 26.5 Å². The number of furan rings is 1. The van der Waals surface area contributed by atoms with Gasteiger partial charge >= 0.3 is 10.2 Å². The molecule has 0 saturated carbocycles. The molecule has 32 heavy (non-hydrogen) atoms. The summed E-state index contributed by atoms with van der Waals surface area (Å²) in [5.41, 5.74) is 1.38. The molecule has 0 aliphatic heterocycles. The monoisotopic (exact) mass is 456 g/mol. The molecule has 0 radical (unpaired) electrons. The van der Waals surface area contributed by atoms with E-state index in [4.69, 9.17) is 4.42 Å². The van der Waals surface area contributed by atoms with Crippen molar-refractivity contribution >= 4 is 33.4 Å². The molecule has 0 aliphatic rings. The zero-order chi connectivity index (χ0) is 23.3. The van der Waals surface area contributed by atoms with Gasteiger partial charge in [0.2, 0.25) is 0 Å². The molecular formula is C22H24N4O5S. The van der Waals surface area contributed by atoms with Gasteiger partial charge in [-0.3, -0.25) is 13.9 Å². The first-order valence-electron chi connectivity index (χ1n) is 9.67. The lowest BCUT2D eigenvalue weighted by Gasteiger charge is -2.23. The molecule has 0 atom stereocenters. The molecule has 2 amide bonds. The maximum absolute atomic E-state index is 12.7. The summed E-state index contributed by atoms with van der Waals surface area (Å²) in [5, 5.41) is 5.48. The number of nitrogens with one attached hydrogen (secondary N) is 2. The van der Waals surface area contributed by atoms with Crippen molar-refractivity contribution in [2.45, 2.75) is 6.54 Å². The predicted octanol–water partition coefficient (Wildman–Crippen LogP) is 2.70. The van der Waals surface area contributed by atoms with Crippen LogP contribution in [0.4, 0.5) is 11.4 Å². The second-order valence-corrected chi connectivity index (χ2v) is 9.24. The summed E-state index contributed by atoms with van der Waals surface area (Å²) in [7, 11) is 0.680. The van der Waals surface area contributed by atoms with Gasteiger partial charge in [-0.1, -0.05) is 12.1 Å². The number of rotatable bonds is 8. The number of benzene rings is 2. The molecule has 0 saturated heterocycles. The molecule has 3 rings (SSSR count). The standard InChI is InChI=1S/C22H24N4O5S/c1-25(2)32(29,30)26(3)17-12-10-16(11-13-17)21(27)24-20-9-5-4-8-19(20)22(28)23-15-18-7-6-14-31-18/h4-14H,15H2,1-3H3,(H,23,28)(H,24,27). The van der Waals surface area contributed by atoms with Crippen LogP contribution in [0, 0.1) is 0 Å². The average Bonchev–Trinajstić information content (AvgIpc) is 3.31. The van der Waals surface area contributed by atoms with E-state index in [-0.39, 0.29) is 12.5 Å². The van der Waals surface area contributed by atoms with Crippen LogP contribution in [0.3, 0.4) is 0 Å². The van der Waals surface area contributed by atoms with Gasteiger partial charge in [-0.25, -0.2) is 0 Å². The van der Waals surface area contributed by atoms with E-state index in [0.29, 0.717) is 28.3 Å². The van der Waals surface area contributed by atoms with E-state index in [9.17, 15) is 18.0 Å². The highest BCUT2D eigenvalue weighted by Gasteiger charge is 2.21. The lowest BCUT2D eigenvalue weighted by molar-refractivity contribution is 0.0949. The number of carbonyl (C=O) groups excluding carboxylic acids is 2. The second-order valence-electron chi connectivity index (χ2n) is 7.07. The maximum Gasteiger partial charge on any atom is 0.303 e. The molecule has 168 valence electrons. The van der Waals surface area contributed by atoms with Crippen LogP contribution in [0.2, 0.25) is 0 Å². The number of nitrogens with zero attached hydrogens (tertiary/aromatic N) is 2. The number of para-hydroxylation sites is 1. The molecule has 0 aliphatic carbocycles. The highest BCUT2D eigenvalue weighted by molar-refractivity contribution is 7.90. The summed E-state index contributed by atoms with van der Waals surface area (Å²) in [6, 6.07) is 16.3. The number of hydrogen-bond donors (Lipinski definition) is 2. The molecule has 3 aromatic rings. The largest absolute Gasteiger partial charge is 0.467 e. The molecule has 1 heterocycles. The van der Waals surface area contributed by atoms with Gasteiger partial charge < -0.3 is 15.1 Å². The van der Waals surface area contributed by atoms with Crippen LogP contribution in [-0.4, -0.2) is 45.7 Å². The van der Waals surface area contributed by atoms with Crippen molar-refractivity contribution < 1.29 is 22.4 Å². The Kier molecular flexibility index (Phi) is 6.96. The van der Waals surface area contributed by atoms with Crippen molar-refractivity contribution in [1.29, 1.82) is 0 Å². The first-order chi connectivity index (χ1) is 15.2. The Labute approximate surface area is 186 Å². The SMILES string of the molecule is CN(C)S(=O)(=O)N(C)c1ccc(C(=O)Nc2ccccc2C(=O)NCc2ccco2)cc1. The highest BCUT2D eigenvalue weighted by Crippen LogP contribution is 2.20. The van der Waals surface area contributed by atoms with Crippen molar-refractivity contribution in [3.63, 3.8) is 0 Å². The Morgan fingerprint density at radius 1 is 0.906 bits per heavy atom. The van der Waals surface area contributed by atoms with Crippen molar-refractivity contribution in [2.75, 3.05) is 30.8 Å². The van der Waals surface area contributed by atoms with E-state index >= 15 is 0 Å². The third-order valence-corrected chi connectivity index (χ3v) is 6.55. The van der Waals surface area contributed by atoms with Gasteiger partial charge in [-0.15, -0.1) is 0 Å². The molecule has 0 spiro atoms. The molecule has 9 nitrogen and oxygen atoms in total. The predicted molar refractivity (Wildman–Crippen MR) is 122 cm³/mol. The summed E-state index contributed by atoms with van der Waals surface area (Å²) in [6.45, 7) is 0.221. The van der Waals surface area contributed by atoms with Gasteiger partial charge in [0.25, 0.3) is 11.8 Å². The van der Waals surface area contributed by atoms with E-state index in [1.165, 1.54) is 51.7 Å². The molecule has 0 fully saturated rings. The van der Waals surface area contributed by atoms with Crippen molar-refractivity contribution in [2.24, 2.45) is 0 Å². The number of amides is 2. The molecule has 1 aromatic heterocycles. The quantitative estimate of drug-likeness (QED) is 0.541. The van der Waals surface area contributed by atoms with Crippen molar-refractivity contribution in [3.8, 4) is 0 Å². The summed E-state index contributed by atoms with van der Waals surface area (Å²) in [6.07, 6.45) is 1.52. The first kappa shape index (κ1) is 23.0. The topological polar surface area (TPSA) is 112 Å². The van der Waals surface area contributed by atoms with Crippen molar-refractivity contribution in [1.82, 2.24) is 9.62 Å². The van der Waals surface area contributed by atoms with Gasteiger partial charge in [0.1, 0.15) is 5.76 Å². The minimum absolute atomic E-state index is 0.221. The number of hydrogen-bond acceptors (Lipinski definition) is 5. The minimum atomic E-state index is -3.63. The van der Waals surface area contributed by atoms with Gasteiger partial charge in [0.05, 0.1) is 29.7 Å². The number of carbonyl (C=O) groups is 2. The Bertz CT molecular complexity index is 1190. The molecule has 0 bridgehead atoms. The van der Waals surface area contributed by atoms with Crippen LogP contribution in [0.25, 0.3) is 0 Å². The first-order valence-corrected chi connectivity index (χ1v) is 11.1. The Balaban J connectivity index is 1.71. The lowest BCUT2D eigenvalue weighted by Crippen LogP contribution is -2.37. The van der Waals surface area contributed by atoms with Crippen LogP contribution in [0.5, 0.6) is 0 Å². The molecule has 2 aromatic carbocycles. The zero-order valence-electron chi connectivity index (χ0n) is 17.9. The fourth-order valence-electron chi connectivity index (χ4n) is 2.86. The number of anilines is 2. The highest BCUT2D eigenvalue weighted by atomic mass is 32.2. The molecule has 0 unspecified atom stereocenters. The summed E-state index contributed by atoms with van der Waals surface area (Å²) in [5.74, 6) is -0.176. The van der Waals surface area contributed by atoms with E-state index in [0.717, 1.165) is 8.61 Å². The summed E-state index contributed by atoms with van der Waals surface area (Å²) >= 11 is 0. The minimum Gasteiger partial charge on any atom is -0.467 e. The molecule has 2 N–H and O–H groups in total. The van der Waals surface area contributed by atoms with E-state index in [1.54, 1.807) is 36.4 Å². The van der Waals surface area contributed by atoms with Gasteiger partial charge in [-0.05, 0) is 48.5 Å². The Morgan fingerprint density at radius 3 is 2.22 bits per heavy atom. The van der Waals surface area contributed by atoms with Crippen LogP contribution in [-0.2, 0) is 16.8 Å². The zero-order valence-corrected chi connectivity index (χ0v) is 18.7. The van der Waals surface area contributed by atoms with Crippen molar-refractivity contribution in [3.05, 3.63) is 83.8 Å². The summed E-state index contributed by atoms with van der Waals surface area (Å²) in [4.78, 5) is 25.3. The molecule has 10 heteroatoms. The molecular weight excluding hydrogens is 432 g/mol. The average molecular weight is 457 g/mol. The van der Waals surface area contributed by atoms with Gasteiger partial charge in [0.15, 0.2) is 0 Å². The fraction of sp³-hybridized carbons (Fsp3) is 0.182. The van der Waals surface area contributed by atoms with E-state index < -0.39 is 16.1 Å². The van der Waals surface area contributed by atoms with E-state index in [1.807, 2.05) is 0 Å². The van der Waals surface area contributed by atoms with Gasteiger partial charge in [0, 0.05) is 26.7 Å². The fourth-order valence-corrected chi connectivity index (χ4v) is 3.74.